The second-order valence-corrected chi connectivity index (χ2v) is 6.06. The number of nitrogens with zero attached hydrogens (tertiary/aromatic N) is 2. The standard InChI is InChI=1S/C14H14N4O2S/c1-10-3-4-11(9-15)7-13(10)18-21(19,20)12-5-6-17-14(8-12)16-2/h3-8,18H,1-2H3,(H,16,17). The highest BCUT2D eigenvalue weighted by molar-refractivity contribution is 7.92. The Bertz CT molecular complexity index is 810. The highest BCUT2D eigenvalue weighted by Crippen LogP contribution is 2.21. The zero-order chi connectivity index (χ0) is 15.5. The summed E-state index contributed by atoms with van der Waals surface area (Å²) in [6, 6.07) is 9.67. The number of nitriles is 1. The lowest BCUT2D eigenvalue weighted by Gasteiger charge is -2.11. The molecular weight excluding hydrogens is 288 g/mol. The third-order valence-electron chi connectivity index (χ3n) is 2.91. The van der Waals surface area contributed by atoms with E-state index < -0.39 is 10.0 Å². The van der Waals surface area contributed by atoms with Gasteiger partial charge in [0.05, 0.1) is 22.2 Å². The molecule has 0 aliphatic carbocycles. The average Bonchev–Trinajstić information content (AvgIpc) is 2.49. The van der Waals surface area contributed by atoms with E-state index in [1.54, 1.807) is 26.1 Å². The van der Waals surface area contributed by atoms with Crippen molar-refractivity contribution >= 4 is 21.5 Å². The van der Waals surface area contributed by atoms with Gasteiger partial charge in [-0.1, -0.05) is 6.07 Å². The molecule has 0 atom stereocenters. The van der Waals surface area contributed by atoms with Crippen LogP contribution in [0.2, 0.25) is 0 Å². The molecule has 0 aliphatic rings. The SMILES string of the molecule is CNc1cc(S(=O)(=O)Nc2cc(C#N)ccc2C)ccn1. The molecular formula is C14H14N4O2S. The number of sulfonamides is 1. The van der Waals surface area contributed by atoms with E-state index in [-0.39, 0.29) is 4.90 Å². The van der Waals surface area contributed by atoms with E-state index in [0.29, 0.717) is 17.1 Å². The number of aromatic nitrogens is 1. The van der Waals surface area contributed by atoms with Gasteiger partial charge < -0.3 is 5.32 Å². The maximum atomic E-state index is 12.4. The molecule has 0 saturated carbocycles. The van der Waals surface area contributed by atoms with E-state index in [4.69, 9.17) is 5.26 Å². The Hall–Kier alpha value is -2.59. The van der Waals surface area contributed by atoms with Gasteiger partial charge in [-0.25, -0.2) is 13.4 Å². The lowest BCUT2D eigenvalue weighted by Crippen LogP contribution is -2.14. The molecule has 108 valence electrons. The fraction of sp³-hybridized carbons (Fsp3) is 0.143. The molecule has 1 heterocycles. The van der Waals surface area contributed by atoms with Crippen LogP contribution in [0.3, 0.4) is 0 Å². The topological polar surface area (TPSA) is 94.9 Å². The molecule has 21 heavy (non-hydrogen) atoms. The van der Waals surface area contributed by atoms with E-state index in [0.717, 1.165) is 5.56 Å². The largest absolute Gasteiger partial charge is 0.373 e. The first-order valence-corrected chi connectivity index (χ1v) is 7.62. The van der Waals surface area contributed by atoms with Crippen LogP contribution in [0.4, 0.5) is 11.5 Å². The highest BCUT2D eigenvalue weighted by atomic mass is 32.2. The summed E-state index contributed by atoms with van der Waals surface area (Å²) in [5.41, 5.74) is 1.52. The third kappa shape index (κ3) is 3.30. The number of anilines is 2. The minimum atomic E-state index is -3.73. The second kappa shape index (κ2) is 5.81. The molecule has 0 unspecified atom stereocenters. The highest BCUT2D eigenvalue weighted by Gasteiger charge is 2.16. The van der Waals surface area contributed by atoms with E-state index in [1.807, 2.05) is 6.07 Å². The number of benzene rings is 1. The predicted octanol–water partition coefficient (Wildman–Crippen LogP) is 2.10. The van der Waals surface area contributed by atoms with Gasteiger partial charge in [0.2, 0.25) is 0 Å². The average molecular weight is 302 g/mol. The van der Waals surface area contributed by atoms with Crippen LogP contribution in [0.1, 0.15) is 11.1 Å². The molecule has 0 fully saturated rings. The van der Waals surface area contributed by atoms with Gasteiger partial charge in [0.15, 0.2) is 0 Å². The van der Waals surface area contributed by atoms with Gasteiger partial charge in [0.1, 0.15) is 5.82 Å². The number of hydrogen-bond acceptors (Lipinski definition) is 5. The van der Waals surface area contributed by atoms with Crippen LogP contribution in [0.15, 0.2) is 41.4 Å². The lowest BCUT2D eigenvalue weighted by atomic mass is 10.1. The number of nitrogens with one attached hydrogen (secondary N) is 2. The molecule has 0 saturated heterocycles. The van der Waals surface area contributed by atoms with Crippen molar-refractivity contribution in [1.29, 1.82) is 5.26 Å². The number of aryl methyl sites for hydroxylation is 1. The Morgan fingerprint density at radius 2 is 2.00 bits per heavy atom. The van der Waals surface area contributed by atoms with Crippen molar-refractivity contribution in [3.05, 3.63) is 47.7 Å². The monoisotopic (exact) mass is 302 g/mol. The summed E-state index contributed by atoms with van der Waals surface area (Å²) in [6.07, 6.45) is 1.42. The Balaban J connectivity index is 2.40. The van der Waals surface area contributed by atoms with E-state index in [2.05, 4.69) is 15.0 Å². The Labute approximate surface area is 123 Å². The van der Waals surface area contributed by atoms with Crippen LogP contribution >= 0.6 is 0 Å². The molecule has 6 nitrogen and oxygen atoms in total. The molecule has 1 aromatic heterocycles. The summed E-state index contributed by atoms with van der Waals surface area (Å²) in [5, 5.41) is 11.7. The van der Waals surface area contributed by atoms with Gasteiger partial charge in [-0.2, -0.15) is 5.26 Å². The Morgan fingerprint density at radius 3 is 2.67 bits per heavy atom. The molecule has 0 bridgehead atoms. The first-order valence-electron chi connectivity index (χ1n) is 6.13. The maximum absolute atomic E-state index is 12.4. The van der Waals surface area contributed by atoms with Gasteiger partial charge >= 0.3 is 0 Å². The van der Waals surface area contributed by atoms with Crippen molar-refractivity contribution < 1.29 is 8.42 Å². The van der Waals surface area contributed by atoms with Crippen molar-refractivity contribution in [3.63, 3.8) is 0 Å². The molecule has 2 rings (SSSR count). The summed E-state index contributed by atoms with van der Waals surface area (Å²) in [6.45, 7) is 1.77. The molecule has 2 aromatic rings. The normalized spacial score (nSPS) is 10.7. The van der Waals surface area contributed by atoms with E-state index in [1.165, 1.54) is 24.4 Å². The van der Waals surface area contributed by atoms with Crippen LogP contribution in [0.25, 0.3) is 0 Å². The minimum absolute atomic E-state index is 0.101. The molecule has 0 spiro atoms. The zero-order valence-corrected chi connectivity index (χ0v) is 12.4. The molecule has 2 N–H and O–H groups in total. The number of pyridine rings is 1. The Kier molecular flexibility index (Phi) is 4.10. The number of hydrogen-bond donors (Lipinski definition) is 2. The second-order valence-electron chi connectivity index (χ2n) is 4.37. The van der Waals surface area contributed by atoms with Crippen molar-refractivity contribution in [3.8, 4) is 6.07 Å². The van der Waals surface area contributed by atoms with E-state index >= 15 is 0 Å². The first kappa shape index (κ1) is 14.8. The zero-order valence-electron chi connectivity index (χ0n) is 11.6. The summed E-state index contributed by atoms with van der Waals surface area (Å²) in [7, 11) is -2.07. The lowest BCUT2D eigenvalue weighted by molar-refractivity contribution is 0.601. The smallest absolute Gasteiger partial charge is 0.262 e. The van der Waals surface area contributed by atoms with Crippen molar-refractivity contribution in [2.75, 3.05) is 17.1 Å². The van der Waals surface area contributed by atoms with Gasteiger partial charge in [-0.3, -0.25) is 4.72 Å². The fourth-order valence-corrected chi connectivity index (χ4v) is 2.85. The summed E-state index contributed by atoms with van der Waals surface area (Å²) in [4.78, 5) is 4.08. The molecule has 7 heteroatoms. The fourth-order valence-electron chi connectivity index (χ4n) is 1.72. The van der Waals surface area contributed by atoms with Gasteiger partial charge in [-0.05, 0) is 30.7 Å². The van der Waals surface area contributed by atoms with Crippen LogP contribution in [0.5, 0.6) is 0 Å². The molecule has 1 aromatic carbocycles. The third-order valence-corrected chi connectivity index (χ3v) is 4.27. The van der Waals surface area contributed by atoms with Crippen molar-refractivity contribution in [1.82, 2.24) is 4.98 Å². The van der Waals surface area contributed by atoms with Crippen LogP contribution in [-0.4, -0.2) is 20.4 Å². The van der Waals surface area contributed by atoms with Gasteiger partial charge in [0.25, 0.3) is 10.0 Å². The summed E-state index contributed by atoms with van der Waals surface area (Å²) in [5.74, 6) is 0.459. The van der Waals surface area contributed by atoms with E-state index in [9.17, 15) is 8.42 Å². The maximum Gasteiger partial charge on any atom is 0.262 e. The molecule has 0 aliphatic heterocycles. The summed E-state index contributed by atoms with van der Waals surface area (Å²) < 4.78 is 27.2. The van der Waals surface area contributed by atoms with Crippen LogP contribution in [-0.2, 0) is 10.0 Å². The molecule has 0 radical (unpaired) electrons. The Morgan fingerprint density at radius 1 is 1.24 bits per heavy atom. The summed E-state index contributed by atoms with van der Waals surface area (Å²) >= 11 is 0. The van der Waals surface area contributed by atoms with Crippen LogP contribution in [0, 0.1) is 18.3 Å². The quantitative estimate of drug-likeness (QED) is 0.902. The van der Waals surface area contributed by atoms with Crippen molar-refractivity contribution in [2.45, 2.75) is 11.8 Å². The van der Waals surface area contributed by atoms with Gasteiger partial charge in [-0.15, -0.1) is 0 Å². The number of rotatable bonds is 4. The molecule has 0 amide bonds. The van der Waals surface area contributed by atoms with Gasteiger partial charge in [0, 0.05) is 19.3 Å². The van der Waals surface area contributed by atoms with Crippen LogP contribution < -0.4 is 10.0 Å². The first-order chi connectivity index (χ1) is 9.96. The predicted molar refractivity (Wildman–Crippen MR) is 80.5 cm³/mol. The minimum Gasteiger partial charge on any atom is -0.373 e. The van der Waals surface area contributed by atoms with Crippen molar-refractivity contribution in [2.24, 2.45) is 0 Å².